The number of carbonyl (C=O) groups is 1. The van der Waals surface area contributed by atoms with E-state index in [4.69, 9.17) is 9.41 Å². The summed E-state index contributed by atoms with van der Waals surface area (Å²) < 4.78 is 5.31. The second-order valence-electron chi connectivity index (χ2n) is 6.88. The number of aromatic amines is 1. The molecule has 2 aromatic rings. The van der Waals surface area contributed by atoms with Crippen molar-refractivity contribution in [3.63, 3.8) is 0 Å². The van der Waals surface area contributed by atoms with Crippen molar-refractivity contribution in [1.82, 2.24) is 30.7 Å². The maximum atomic E-state index is 11.6. The number of H-pyrrole nitrogens is 1. The second-order valence-corrected chi connectivity index (χ2v) is 6.88. The Labute approximate surface area is 188 Å². The standard InChI is InChI=1S/C19H29N7O2.HI/c1-3-21-19(26-10-7-14(8-11-26)13-17(27)20-2)22-9-6-16-23-18(25-24-16)15-5-4-12-28-15;/h4-5,12,14H,3,6-11,13H2,1-2H3,(H,20,27)(H,21,22)(H,23,24,25);1H. The predicted molar refractivity (Wildman–Crippen MR) is 122 cm³/mol. The molecule has 1 aliphatic heterocycles. The summed E-state index contributed by atoms with van der Waals surface area (Å²) in [7, 11) is 1.69. The zero-order valence-electron chi connectivity index (χ0n) is 17.0. The third-order valence-electron chi connectivity index (χ3n) is 4.89. The molecule has 0 aliphatic carbocycles. The van der Waals surface area contributed by atoms with Crippen LogP contribution in [0.4, 0.5) is 0 Å². The number of hydrogen-bond donors (Lipinski definition) is 3. The van der Waals surface area contributed by atoms with Crippen molar-refractivity contribution in [2.75, 3.05) is 33.2 Å². The third-order valence-corrected chi connectivity index (χ3v) is 4.89. The van der Waals surface area contributed by atoms with Crippen LogP contribution in [0.1, 0.15) is 32.0 Å². The number of carbonyl (C=O) groups excluding carboxylic acids is 1. The molecular formula is C19H30IN7O2. The molecule has 160 valence electrons. The van der Waals surface area contributed by atoms with Gasteiger partial charge >= 0.3 is 0 Å². The third kappa shape index (κ3) is 6.72. The molecule has 0 saturated carbocycles. The molecular weight excluding hydrogens is 485 g/mol. The predicted octanol–water partition coefficient (Wildman–Crippen LogP) is 2.04. The van der Waals surface area contributed by atoms with Gasteiger partial charge in [0.05, 0.1) is 6.26 Å². The molecule has 0 spiro atoms. The SMILES string of the molecule is CCNC(=NCCc1nc(-c2ccco2)n[nH]1)N1CCC(CC(=O)NC)CC1.I. The normalized spacial score (nSPS) is 15.1. The lowest BCUT2D eigenvalue weighted by atomic mass is 9.93. The topological polar surface area (TPSA) is 111 Å². The monoisotopic (exact) mass is 515 g/mol. The van der Waals surface area contributed by atoms with E-state index >= 15 is 0 Å². The number of halogens is 1. The number of nitrogens with one attached hydrogen (secondary N) is 3. The minimum absolute atomic E-state index is 0. The first kappa shape index (κ1) is 23.2. The summed E-state index contributed by atoms with van der Waals surface area (Å²) in [5.74, 6) is 3.50. The second kappa shape index (κ2) is 11.8. The molecule has 0 atom stereocenters. The van der Waals surface area contributed by atoms with Crippen LogP contribution in [0.5, 0.6) is 0 Å². The molecule has 1 saturated heterocycles. The van der Waals surface area contributed by atoms with Crippen molar-refractivity contribution >= 4 is 35.8 Å². The number of rotatable bonds is 7. The lowest BCUT2D eigenvalue weighted by molar-refractivity contribution is -0.121. The molecule has 3 heterocycles. The van der Waals surface area contributed by atoms with E-state index in [2.05, 4.69) is 37.6 Å². The fourth-order valence-corrected chi connectivity index (χ4v) is 3.33. The van der Waals surface area contributed by atoms with Crippen LogP contribution in [-0.2, 0) is 11.2 Å². The lowest BCUT2D eigenvalue weighted by Gasteiger charge is -2.34. The Morgan fingerprint density at radius 3 is 2.86 bits per heavy atom. The molecule has 29 heavy (non-hydrogen) atoms. The molecule has 2 aromatic heterocycles. The van der Waals surface area contributed by atoms with Gasteiger partial charge in [-0.3, -0.25) is 14.9 Å². The Hall–Kier alpha value is -2.11. The minimum atomic E-state index is 0. The zero-order chi connectivity index (χ0) is 19.8. The van der Waals surface area contributed by atoms with E-state index in [1.807, 2.05) is 12.1 Å². The van der Waals surface area contributed by atoms with Gasteiger partial charge in [0.25, 0.3) is 0 Å². The van der Waals surface area contributed by atoms with Gasteiger partial charge in [-0.1, -0.05) is 0 Å². The van der Waals surface area contributed by atoms with Gasteiger partial charge in [0.15, 0.2) is 11.7 Å². The number of piperidine rings is 1. The van der Waals surface area contributed by atoms with Gasteiger partial charge in [-0.05, 0) is 37.8 Å². The van der Waals surface area contributed by atoms with E-state index in [0.717, 1.165) is 44.3 Å². The van der Waals surface area contributed by atoms with Crippen LogP contribution in [-0.4, -0.2) is 65.2 Å². The first-order valence-corrected chi connectivity index (χ1v) is 9.88. The molecule has 1 fully saturated rings. The van der Waals surface area contributed by atoms with E-state index in [0.29, 0.717) is 36.9 Å². The maximum Gasteiger partial charge on any atom is 0.220 e. The first-order chi connectivity index (χ1) is 13.7. The number of aromatic nitrogens is 3. The van der Waals surface area contributed by atoms with E-state index in [1.54, 1.807) is 13.3 Å². The van der Waals surface area contributed by atoms with Gasteiger partial charge in [-0.25, -0.2) is 4.98 Å². The molecule has 0 radical (unpaired) electrons. The van der Waals surface area contributed by atoms with Crippen molar-refractivity contribution in [3.05, 3.63) is 24.2 Å². The Morgan fingerprint density at radius 1 is 1.41 bits per heavy atom. The summed E-state index contributed by atoms with van der Waals surface area (Å²) in [5, 5.41) is 13.2. The van der Waals surface area contributed by atoms with Crippen LogP contribution < -0.4 is 10.6 Å². The zero-order valence-corrected chi connectivity index (χ0v) is 19.3. The van der Waals surface area contributed by atoms with Crippen molar-refractivity contribution in [2.45, 2.75) is 32.6 Å². The molecule has 0 unspecified atom stereocenters. The molecule has 9 nitrogen and oxygen atoms in total. The highest BCUT2D eigenvalue weighted by atomic mass is 127. The Bertz CT molecular complexity index is 767. The van der Waals surface area contributed by atoms with Crippen LogP contribution in [0.3, 0.4) is 0 Å². The largest absolute Gasteiger partial charge is 0.461 e. The van der Waals surface area contributed by atoms with E-state index in [-0.39, 0.29) is 29.9 Å². The summed E-state index contributed by atoms with van der Waals surface area (Å²) in [6.45, 7) is 5.34. The summed E-state index contributed by atoms with van der Waals surface area (Å²) >= 11 is 0. The highest BCUT2D eigenvalue weighted by Crippen LogP contribution is 2.20. The summed E-state index contributed by atoms with van der Waals surface area (Å²) in [6.07, 6.45) is 4.91. The number of amides is 1. The molecule has 3 N–H and O–H groups in total. The summed E-state index contributed by atoms with van der Waals surface area (Å²) in [4.78, 5) is 23.0. The molecule has 1 amide bonds. The van der Waals surface area contributed by atoms with E-state index in [9.17, 15) is 4.79 Å². The highest BCUT2D eigenvalue weighted by Gasteiger charge is 2.23. The molecule has 10 heteroatoms. The van der Waals surface area contributed by atoms with Crippen molar-refractivity contribution in [2.24, 2.45) is 10.9 Å². The summed E-state index contributed by atoms with van der Waals surface area (Å²) in [6, 6.07) is 3.65. The molecule has 1 aliphatic rings. The molecule has 0 bridgehead atoms. The average Bonchev–Trinajstić information content (AvgIpc) is 3.40. The van der Waals surface area contributed by atoms with Crippen LogP contribution >= 0.6 is 24.0 Å². The maximum absolute atomic E-state index is 11.6. The smallest absolute Gasteiger partial charge is 0.220 e. The van der Waals surface area contributed by atoms with E-state index < -0.39 is 0 Å². The first-order valence-electron chi connectivity index (χ1n) is 9.88. The van der Waals surface area contributed by atoms with Crippen molar-refractivity contribution in [3.8, 4) is 11.6 Å². The van der Waals surface area contributed by atoms with Crippen molar-refractivity contribution in [1.29, 1.82) is 0 Å². The van der Waals surface area contributed by atoms with Gasteiger partial charge in [0, 0.05) is 46.1 Å². The van der Waals surface area contributed by atoms with Crippen LogP contribution in [0.15, 0.2) is 27.8 Å². The number of nitrogens with zero attached hydrogens (tertiary/aromatic N) is 4. The average molecular weight is 515 g/mol. The number of likely N-dealkylation sites (tertiary alicyclic amines) is 1. The van der Waals surface area contributed by atoms with Crippen LogP contribution in [0, 0.1) is 5.92 Å². The van der Waals surface area contributed by atoms with Crippen molar-refractivity contribution < 1.29 is 9.21 Å². The number of aliphatic imine (C=N–C) groups is 1. The number of hydrogen-bond acceptors (Lipinski definition) is 5. The Kier molecular flexibility index (Phi) is 9.42. The van der Waals surface area contributed by atoms with Gasteiger partial charge in [0.1, 0.15) is 5.82 Å². The van der Waals surface area contributed by atoms with Gasteiger partial charge in [-0.2, -0.15) is 5.10 Å². The number of guanidine groups is 1. The molecule has 3 rings (SSSR count). The fourth-order valence-electron chi connectivity index (χ4n) is 3.33. The summed E-state index contributed by atoms with van der Waals surface area (Å²) in [5.41, 5.74) is 0. The van der Waals surface area contributed by atoms with Crippen LogP contribution in [0.2, 0.25) is 0 Å². The minimum Gasteiger partial charge on any atom is -0.461 e. The van der Waals surface area contributed by atoms with Crippen LogP contribution in [0.25, 0.3) is 11.6 Å². The lowest BCUT2D eigenvalue weighted by Crippen LogP contribution is -2.46. The van der Waals surface area contributed by atoms with E-state index in [1.165, 1.54) is 0 Å². The number of furan rings is 1. The molecule has 0 aromatic carbocycles. The van der Waals surface area contributed by atoms with Gasteiger partial charge in [0.2, 0.25) is 11.7 Å². The highest BCUT2D eigenvalue weighted by molar-refractivity contribution is 14.0. The van der Waals surface area contributed by atoms with Gasteiger partial charge in [-0.15, -0.1) is 24.0 Å². The fraction of sp³-hybridized carbons (Fsp3) is 0.579. The Balaban J connectivity index is 0.00000300. The van der Waals surface area contributed by atoms with Gasteiger partial charge < -0.3 is 20.0 Å². The quantitative estimate of drug-likeness (QED) is 0.296. The Morgan fingerprint density at radius 2 is 2.21 bits per heavy atom.